The molecule has 8 atom stereocenters. The van der Waals surface area contributed by atoms with Crippen molar-refractivity contribution in [3.8, 4) is 11.5 Å². The third-order valence-electron chi connectivity index (χ3n) is 18.3. The fraction of sp³-hybridized carbons (Fsp3) is 0.395. The van der Waals surface area contributed by atoms with E-state index in [9.17, 15) is 67.7 Å². The molecule has 31 nitrogen and oxygen atoms in total. The van der Waals surface area contributed by atoms with Crippen LogP contribution in [0.4, 0.5) is 0 Å². The third-order valence-corrected chi connectivity index (χ3v) is 18.3. The van der Waals surface area contributed by atoms with Gasteiger partial charge in [0.25, 0.3) is 0 Å². The van der Waals surface area contributed by atoms with E-state index in [-0.39, 0.29) is 146 Å². The Morgan fingerprint density at radius 2 is 0.710 bits per heavy atom. The van der Waals surface area contributed by atoms with Crippen LogP contribution in [0.5, 0.6) is 11.5 Å². The summed E-state index contributed by atoms with van der Waals surface area (Å²) < 4.78 is 0. The molecule has 2 aliphatic rings. The molecule has 0 radical (unpaired) electrons. The molecule has 2 heterocycles. The summed E-state index contributed by atoms with van der Waals surface area (Å²) in [4.78, 5) is 169. The van der Waals surface area contributed by atoms with Gasteiger partial charge in [0.05, 0.1) is 19.1 Å². The van der Waals surface area contributed by atoms with E-state index in [1.807, 2.05) is 78.9 Å². The second-order valence-electron chi connectivity index (χ2n) is 26.7. The van der Waals surface area contributed by atoms with Gasteiger partial charge in [-0.05, 0) is 132 Å². The lowest BCUT2D eigenvalue weighted by molar-refractivity contribution is -0.134. The summed E-state index contributed by atoms with van der Waals surface area (Å²) in [7, 11) is 0. The predicted molar refractivity (Wildman–Crippen MR) is 398 cm³/mol. The summed E-state index contributed by atoms with van der Waals surface area (Å²) in [5.41, 5.74) is 13.5. The van der Waals surface area contributed by atoms with Crippen LogP contribution >= 0.6 is 0 Å². The van der Waals surface area contributed by atoms with Gasteiger partial charge in [0.15, 0.2) is 17.7 Å². The number of fused-ring (bicyclic) bond motifs is 2. The second kappa shape index (κ2) is 40.8. The van der Waals surface area contributed by atoms with Crippen LogP contribution in [0.25, 0.3) is 21.5 Å². The summed E-state index contributed by atoms with van der Waals surface area (Å²) in [5.74, 6) is -10.1. The molecular formula is C76H95N17O14. The number of carbonyl (C=O) groups excluding carboxylic acids is 12. The zero-order valence-electron chi connectivity index (χ0n) is 59.3. The molecule has 0 saturated carbocycles. The number of hydrogen-bond donors (Lipinski definition) is 19. The van der Waals surface area contributed by atoms with Crippen molar-refractivity contribution < 1.29 is 67.7 Å². The Balaban J connectivity index is 0.899. The fourth-order valence-corrected chi connectivity index (χ4v) is 12.5. The lowest BCUT2D eigenvalue weighted by Crippen LogP contribution is -2.58. The first kappa shape index (κ1) is 80.5. The molecule has 568 valence electrons. The number of rotatable bonds is 28. The van der Waals surface area contributed by atoms with E-state index in [2.05, 4.69) is 69.1 Å². The zero-order valence-corrected chi connectivity index (χ0v) is 59.3. The standard InChI is InChI=1S/C76H95N17O14/c77-75(78)83-34-8-16-56-72(105)92-60(40-47-20-26-49-10-1-3-12-51(49)36-47)69(102)85-43-66(99)87-59(38-45-22-28-54(94)29-23-45)63(96)42-53(68(101)89-56)14-6-32-81-64(97)18-5-19-65(98)82-33-7-15-57-71(104)90-58(17-9-35-84-76(79)80)73(106)93-61(41-48-21-27-50-11-2-4-13-52(50)37-48)70(103)86-44-67(100)88-62(74(107)91-57)39-46-24-30-55(95)31-25-46/h1-4,10-13,20-31,36-37,53,56-62,94-95H,5-9,14-19,32-35,38-44H2,(H,81,97)(H,82,98)(H,85,102)(H,86,103)(H,87,99)(H,88,100)(H,89,101)(H,90,104)(H,91,107)(H,92,105)(H,93,106)(H4,77,78,83)(H4,79,80,84)/t53-,56+,57+,58+,59-,60+,61+,62-/m1/s1. The van der Waals surface area contributed by atoms with Crippen LogP contribution in [0, 0.1) is 16.7 Å². The first-order chi connectivity index (χ1) is 51.4. The number of aromatic hydroxyl groups is 2. The fourth-order valence-electron chi connectivity index (χ4n) is 12.5. The highest BCUT2D eigenvalue weighted by Gasteiger charge is 2.36. The number of carbonyl (C=O) groups is 12. The molecule has 21 N–H and O–H groups in total. The summed E-state index contributed by atoms with van der Waals surface area (Å²) in [6, 6.07) is 29.1. The number of benzene rings is 6. The molecule has 6 aromatic carbocycles. The number of guanidine groups is 2. The van der Waals surface area contributed by atoms with Gasteiger partial charge in [0.1, 0.15) is 47.8 Å². The van der Waals surface area contributed by atoms with Gasteiger partial charge in [-0.1, -0.05) is 109 Å². The molecular weight excluding hydrogens is 1370 g/mol. The Kier molecular flexibility index (Phi) is 30.7. The molecule has 6 aromatic rings. The van der Waals surface area contributed by atoms with Crippen molar-refractivity contribution in [2.75, 3.05) is 39.3 Å². The van der Waals surface area contributed by atoms with Gasteiger partial charge in [0.2, 0.25) is 65.0 Å². The Bertz CT molecular complexity index is 3920. The Hall–Kier alpha value is -12.2. The van der Waals surface area contributed by atoms with Gasteiger partial charge in [-0.25, -0.2) is 0 Å². The number of ketones is 1. The first-order valence-electron chi connectivity index (χ1n) is 35.8. The number of hydrogen-bond acceptors (Lipinski definition) is 16. The second-order valence-corrected chi connectivity index (χ2v) is 26.7. The van der Waals surface area contributed by atoms with E-state index in [0.29, 0.717) is 22.3 Å². The minimum atomic E-state index is -1.37. The average Bonchev–Trinajstić information content (AvgIpc) is 1.51. The van der Waals surface area contributed by atoms with E-state index >= 15 is 0 Å². The molecule has 107 heavy (non-hydrogen) atoms. The van der Waals surface area contributed by atoms with Crippen LogP contribution < -0.4 is 80.6 Å². The number of nitrogens with one attached hydrogen (secondary N) is 15. The van der Waals surface area contributed by atoms with Gasteiger partial charge >= 0.3 is 0 Å². The number of nitrogens with two attached hydrogens (primary N) is 2. The van der Waals surface area contributed by atoms with Crippen molar-refractivity contribution in [1.29, 1.82) is 10.8 Å². The van der Waals surface area contributed by atoms with Gasteiger partial charge in [-0.3, -0.25) is 68.4 Å². The van der Waals surface area contributed by atoms with Crippen LogP contribution in [0.15, 0.2) is 133 Å². The van der Waals surface area contributed by atoms with Crippen molar-refractivity contribution in [3.63, 3.8) is 0 Å². The topological polar surface area (TPSA) is 501 Å². The summed E-state index contributed by atoms with van der Waals surface area (Å²) >= 11 is 0. The molecule has 0 spiro atoms. The van der Waals surface area contributed by atoms with Crippen molar-refractivity contribution >= 4 is 104 Å². The van der Waals surface area contributed by atoms with Crippen molar-refractivity contribution in [1.82, 2.24) is 69.1 Å². The van der Waals surface area contributed by atoms with Gasteiger partial charge in [0, 0.05) is 70.6 Å². The summed E-state index contributed by atoms with van der Waals surface area (Å²) in [6.07, 6.45) is -0.252. The SMILES string of the molecule is N=C(N)NCCC[C@@H]1NC(=O)[C@H](CCCNC(=O)CCCC(=O)NCCC[C@@H]2NC(=O)[C@@H](Cc3ccc(O)cc3)NC(=O)CNC(=O)[C@H](Cc3ccc4ccccc4c3)NC(=O)[C@H](CCCNC(=N)N)NC2=O)CC(=O)[C@@H](Cc2ccc(O)cc2)NC(=O)CNC(=O)[C@H](Cc2ccc3ccccc3c2)NC1=O. The molecule has 0 unspecified atom stereocenters. The van der Waals surface area contributed by atoms with Crippen LogP contribution in [-0.4, -0.2) is 174 Å². The van der Waals surface area contributed by atoms with Crippen LogP contribution in [-0.2, 0) is 83.2 Å². The highest BCUT2D eigenvalue weighted by Crippen LogP contribution is 2.22. The number of phenolic OH excluding ortho intramolecular Hbond substituents is 2. The zero-order chi connectivity index (χ0) is 76.8. The molecule has 0 aromatic heterocycles. The van der Waals surface area contributed by atoms with Crippen molar-refractivity contribution in [2.24, 2.45) is 17.4 Å². The minimum absolute atomic E-state index is 0.000668. The van der Waals surface area contributed by atoms with Crippen LogP contribution in [0.2, 0.25) is 0 Å². The number of amides is 11. The Morgan fingerprint density at radius 3 is 1.14 bits per heavy atom. The van der Waals surface area contributed by atoms with E-state index in [0.717, 1.165) is 21.5 Å². The number of phenols is 2. The highest BCUT2D eigenvalue weighted by atomic mass is 16.3. The smallest absolute Gasteiger partial charge is 0.243 e. The Labute approximate surface area is 618 Å². The molecule has 8 rings (SSSR count). The van der Waals surface area contributed by atoms with Gasteiger partial charge < -0.3 is 90.8 Å². The maximum Gasteiger partial charge on any atom is 0.243 e. The maximum absolute atomic E-state index is 14.6. The lowest BCUT2D eigenvalue weighted by atomic mass is 9.90. The monoisotopic (exact) mass is 1470 g/mol. The van der Waals surface area contributed by atoms with Crippen molar-refractivity contribution in [2.45, 2.75) is 145 Å². The first-order valence-corrected chi connectivity index (χ1v) is 35.8. The maximum atomic E-state index is 14.6. The molecule has 2 aliphatic heterocycles. The van der Waals surface area contributed by atoms with Crippen LogP contribution in [0.1, 0.15) is 99.3 Å². The molecule has 11 amide bonds. The quantitative estimate of drug-likeness (QED) is 0.0179. The van der Waals surface area contributed by atoms with Gasteiger partial charge in [-0.15, -0.1) is 0 Å². The largest absolute Gasteiger partial charge is 0.508 e. The molecule has 2 saturated heterocycles. The third kappa shape index (κ3) is 26.8. The summed E-state index contributed by atoms with van der Waals surface area (Å²) in [6.45, 7) is -0.902. The minimum Gasteiger partial charge on any atom is -0.508 e. The number of Topliss-reactive ketones (excluding diaryl/α,β-unsaturated/α-hetero) is 1. The lowest BCUT2D eigenvalue weighted by Gasteiger charge is -2.26. The van der Waals surface area contributed by atoms with E-state index < -0.39 is 138 Å². The normalized spacial score (nSPS) is 20.2. The van der Waals surface area contributed by atoms with Gasteiger partial charge in [-0.2, -0.15) is 0 Å². The van der Waals surface area contributed by atoms with E-state index in [1.54, 1.807) is 30.3 Å². The summed E-state index contributed by atoms with van der Waals surface area (Å²) in [5, 5.41) is 74.2. The molecule has 0 bridgehead atoms. The van der Waals surface area contributed by atoms with Crippen LogP contribution in [0.3, 0.4) is 0 Å². The highest BCUT2D eigenvalue weighted by molar-refractivity contribution is 5.99. The molecule has 2 fully saturated rings. The molecule has 31 heteroatoms. The van der Waals surface area contributed by atoms with Crippen molar-refractivity contribution in [3.05, 3.63) is 156 Å². The molecule has 0 aliphatic carbocycles. The van der Waals surface area contributed by atoms with E-state index in [4.69, 9.17) is 22.3 Å². The Morgan fingerprint density at radius 1 is 0.374 bits per heavy atom. The average molecular weight is 1470 g/mol. The predicted octanol–water partition coefficient (Wildman–Crippen LogP) is 0.393. The van der Waals surface area contributed by atoms with E-state index in [1.165, 1.54) is 24.3 Å².